The molecule has 2 N–H and O–H groups in total. The van der Waals surface area contributed by atoms with Crippen LogP contribution in [0.3, 0.4) is 0 Å². The van der Waals surface area contributed by atoms with Gasteiger partial charge < -0.3 is 19.8 Å². The summed E-state index contributed by atoms with van der Waals surface area (Å²) >= 11 is 1.50. The molecule has 0 unspecified atom stereocenters. The lowest BCUT2D eigenvalue weighted by molar-refractivity contribution is -0.118. The van der Waals surface area contributed by atoms with Crippen molar-refractivity contribution in [3.05, 3.63) is 95.4 Å². The summed E-state index contributed by atoms with van der Waals surface area (Å²) in [5.41, 5.74) is 5.73. The largest absolute Gasteiger partial charge is 0.484 e. The van der Waals surface area contributed by atoms with Crippen LogP contribution in [-0.4, -0.2) is 29.2 Å². The molecule has 0 aliphatic rings. The van der Waals surface area contributed by atoms with Gasteiger partial charge in [-0.05, 0) is 40.8 Å². The summed E-state index contributed by atoms with van der Waals surface area (Å²) in [6.45, 7) is 5.91. The van der Waals surface area contributed by atoms with Gasteiger partial charge in [0.25, 0.3) is 11.1 Å². The molecule has 0 aliphatic carbocycles. The number of hydrogen-bond donors (Lipinski definition) is 2. The maximum absolute atomic E-state index is 10.9. The predicted molar refractivity (Wildman–Crippen MR) is 142 cm³/mol. The Balaban J connectivity index is 1.24. The van der Waals surface area contributed by atoms with E-state index in [4.69, 9.17) is 9.15 Å². The zero-order valence-corrected chi connectivity index (χ0v) is 21.3. The highest BCUT2D eigenvalue weighted by atomic mass is 32.2. The molecule has 0 fully saturated rings. The van der Waals surface area contributed by atoms with Gasteiger partial charge in [0, 0.05) is 32.3 Å². The van der Waals surface area contributed by atoms with E-state index in [2.05, 4.69) is 70.2 Å². The number of nitrogens with zero attached hydrogens (tertiary/aromatic N) is 2. The lowest BCUT2D eigenvalue weighted by Gasteiger charge is -2.11. The molecule has 0 aliphatic heterocycles. The van der Waals surface area contributed by atoms with E-state index in [1.807, 2.05) is 30.3 Å². The molecule has 1 amide bonds. The van der Waals surface area contributed by atoms with Gasteiger partial charge in [-0.2, -0.15) is 0 Å². The Kier molecular flexibility index (Phi) is 9.13. The van der Waals surface area contributed by atoms with Gasteiger partial charge in [0.15, 0.2) is 6.61 Å². The minimum absolute atomic E-state index is 0.0109. The molecule has 0 saturated heterocycles. The number of carbonyl (C=O) groups is 1. The molecule has 3 aromatic carbocycles. The Morgan fingerprint density at radius 3 is 2.50 bits per heavy atom. The molecule has 0 atom stereocenters. The van der Waals surface area contributed by atoms with Crippen LogP contribution in [0.5, 0.6) is 5.75 Å². The average Bonchev–Trinajstić information content (AvgIpc) is 3.35. The van der Waals surface area contributed by atoms with Gasteiger partial charge in [0.05, 0.1) is 0 Å². The van der Waals surface area contributed by atoms with E-state index in [0.29, 0.717) is 17.7 Å². The van der Waals surface area contributed by atoms with Crippen molar-refractivity contribution in [1.29, 1.82) is 0 Å². The van der Waals surface area contributed by atoms with Crippen LogP contribution in [0.25, 0.3) is 11.1 Å². The summed E-state index contributed by atoms with van der Waals surface area (Å²) in [5.74, 6) is 1.97. The molecular weight excluding hydrogens is 472 g/mol. The number of ether oxygens (including phenoxy) is 1. The summed E-state index contributed by atoms with van der Waals surface area (Å²) < 4.78 is 11.8. The molecule has 0 bridgehead atoms. The van der Waals surface area contributed by atoms with Crippen molar-refractivity contribution >= 4 is 17.7 Å². The van der Waals surface area contributed by atoms with Crippen LogP contribution in [-0.2, 0) is 23.7 Å². The minimum atomic E-state index is -0.0109. The topological polar surface area (TPSA) is 89.3 Å². The number of benzene rings is 3. The Morgan fingerprint density at radius 2 is 1.72 bits per heavy atom. The van der Waals surface area contributed by atoms with Crippen molar-refractivity contribution in [3.63, 3.8) is 0 Å². The quantitative estimate of drug-likeness (QED) is 0.205. The SMILES string of the molecule is CC(=O)NCCNCc1ccc(CSc2nnc(COc3cccc(-c4ccccc4)c3C)o2)cc1. The van der Waals surface area contributed by atoms with Crippen LogP contribution in [0, 0.1) is 6.92 Å². The van der Waals surface area contributed by atoms with Gasteiger partial charge in [-0.15, -0.1) is 10.2 Å². The van der Waals surface area contributed by atoms with Crippen LogP contribution in [0.1, 0.15) is 29.5 Å². The average molecular weight is 503 g/mol. The van der Waals surface area contributed by atoms with Crippen LogP contribution >= 0.6 is 11.8 Å². The molecule has 7 nitrogen and oxygen atoms in total. The first-order valence-corrected chi connectivity index (χ1v) is 12.8. The lowest BCUT2D eigenvalue weighted by Crippen LogP contribution is -2.29. The molecule has 0 saturated carbocycles. The Bertz CT molecular complexity index is 1260. The van der Waals surface area contributed by atoms with E-state index in [0.717, 1.165) is 41.3 Å². The van der Waals surface area contributed by atoms with Crippen LogP contribution in [0.2, 0.25) is 0 Å². The highest BCUT2D eigenvalue weighted by molar-refractivity contribution is 7.98. The van der Waals surface area contributed by atoms with Crippen LogP contribution in [0.4, 0.5) is 0 Å². The number of amides is 1. The Hall–Kier alpha value is -3.62. The zero-order valence-electron chi connectivity index (χ0n) is 20.5. The van der Waals surface area contributed by atoms with Crippen molar-refractivity contribution in [2.24, 2.45) is 0 Å². The highest BCUT2D eigenvalue weighted by Crippen LogP contribution is 2.30. The maximum Gasteiger partial charge on any atom is 0.277 e. The molecule has 1 aromatic heterocycles. The summed E-state index contributed by atoms with van der Waals surface area (Å²) in [6, 6.07) is 24.7. The number of carbonyl (C=O) groups excluding carboxylic acids is 1. The summed E-state index contributed by atoms with van der Waals surface area (Å²) in [7, 11) is 0. The van der Waals surface area contributed by atoms with E-state index in [1.165, 1.54) is 29.8 Å². The van der Waals surface area contributed by atoms with Crippen LogP contribution < -0.4 is 15.4 Å². The molecule has 4 aromatic rings. The van der Waals surface area contributed by atoms with E-state index in [-0.39, 0.29) is 12.5 Å². The fraction of sp³-hybridized carbons (Fsp3) is 0.250. The third-order valence-corrected chi connectivity index (χ3v) is 6.45. The van der Waals surface area contributed by atoms with Crippen molar-refractivity contribution in [3.8, 4) is 16.9 Å². The Labute approximate surface area is 215 Å². The smallest absolute Gasteiger partial charge is 0.277 e. The first-order valence-electron chi connectivity index (χ1n) is 11.8. The number of thioether (sulfide) groups is 1. The second kappa shape index (κ2) is 12.9. The normalized spacial score (nSPS) is 10.8. The van der Waals surface area contributed by atoms with Crippen molar-refractivity contribution in [2.45, 2.75) is 38.0 Å². The molecule has 186 valence electrons. The van der Waals surface area contributed by atoms with Gasteiger partial charge >= 0.3 is 0 Å². The van der Waals surface area contributed by atoms with Crippen LogP contribution in [0.15, 0.2) is 82.4 Å². The van der Waals surface area contributed by atoms with Gasteiger partial charge in [0.2, 0.25) is 5.91 Å². The van der Waals surface area contributed by atoms with Gasteiger partial charge in [0.1, 0.15) is 5.75 Å². The predicted octanol–water partition coefficient (Wildman–Crippen LogP) is 5.14. The van der Waals surface area contributed by atoms with Crippen molar-refractivity contribution in [1.82, 2.24) is 20.8 Å². The number of rotatable bonds is 12. The van der Waals surface area contributed by atoms with E-state index >= 15 is 0 Å². The third kappa shape index (κ3) is 7.44. The van der Waals surface area contributed by atoms with Gasteiger partial charge in [-0.25, -0.2) is 0 Å². The Morgan fingerprint density at radius 1 is 0.944 bits per heavy atom. The van der Waals surface area contributed by atoms with Crippen molar-refractivity contribution in [2.75, 3.05) is 13.1 Å². The first kappa shape index (κ1) is 25.5. The first-order chi connectivity index (χ1) is 17.6. The summed E-state index contributed by atoms with van der Waals surface area (Å²) in [5, 5.41) is 14.9. The molecule has 4 rings (SSSR count). The van der Waals surface area contributed by atoms with Gasteiger partial charge in [-0.3, -0.25) is 4.79 Å². The zero-order chi connectivity index (χ0) is 25.2. The highest BCUT2D eigenvalue weighted by Gasteiger charge is 2.11. The lowest BCUT2D eigenvalue weighted by atomic mass is 10.00. The fourth-order valence-corrected chi connectivity index (χ4v) is 4.39. The standard InChI is InChI=1S/C28H30N4O3S/c1-20-25(24-7-4-3-5-8-24)9-6-10-26(20)34-18-27-31-32-28(35-27)36-19-23-13-11-22(12-14-23)17-29-15-16-30-21(2)33/h3-14,29H,15-19H2,1-2H3,(H,30,33). The van der Waals surface area contributed by atoms with E-state index in [1.54, 1.807) is 0 Å². The number of aromatic nitrogens is 2. The molecule has 8 heteroatoms. The molecule has 36 heavy (non-hydrogen) atoms. The van der Waals surface area contributed by atoms with E-state index in [9.17, 15) is 4.79 Å². The number of hydrogen-bond acceptors (Lipinski definition) is 7. The van der Waals surface area contributed by atoms with E-state index < -0.39 is 0 Å². The molecule has 1 heterocycles. The fourth-order valence-electron chi connectivity index (χ4n) is 3.65. The van der Waals surface area contributed by atoms with Gasteiger partial charge in [-0.1, -0.05) is 78.5 Å². The number of nitrogens with one attached hydrogen (secondary N) is 2. The maximum atomic E-state index is 10.9. The summed E-state index contributed by atoms with van der Waals surface area (Å²) in [4.78, 5) is 10.9. The minimum Gasteiger partial charge on any atom is -0.484 e. The molecular formula is C28H30N4O3S. The molecule has 0 spiro atoms. The third-order valence-electron chi connectivity index (χ3n) is 5.56. The second-order valence-corrected chi connectivity index (χ2v) is 9.24. The monoisotopic (exact) mass is 502 g/mol. The summed E-state index contributed by atoms with van der Waals surface area (Å²) in [6.07, 6.45) is 0. The molecule has 0 radical (unpaired) electrons. The second-order valence-electron chi connectivity index (χ2n) is 8.31. The van der Waals surface area contributed by atoms with Crippen molar-refractivity contribution < 1.29 is 13.9 Å².